The second-order valence-corrected chi connectivity index (χ2v) is 8.21. The van der Waals surface area contributed by atoms with E-state index in [0.717, 1.165) is 11.1 Å². The molecule has 1 heterocycles. The minimum atomic E-state index is -2.45. The summed E-state index contributed by atoms with van der Waals surface area (Å²) in [4.78, 5) is 12.6. The van der Waals surface area contributed by atoms with Gasteiger partial charge in [0.1, 0.15) is 0 Å². The van der Waals surface area contributed by atoms with Crippen molar-refractivity contribution in [3.8, 4) is 0 Å². The second kappa shape index (κ2) is 9.34. The molecular formula is C18H14ClF2N3OS2. The zero-order chi connectivity index (χ0) is 19.2. The Labute approximate surface area is 168 Å². The zero-order valence-electron chi connectivity index (χ0n) is 13.8. The van der Waals surface area contributed by atoms with Crippen LogP contribution in [0.4, 0.5) is 8.78 Å². The van der Waals surface area contributed by atoms with Gasteiger partial charge >= 0.3 is 0 Å². The highest BCUT2D eigenvalue weighted by Crippen LogP contribution is 2.27. The van der Waals surface area contributed by atoms with Gasteiger partial charge in [-0.1, -0.05) is 59.4 Å². The van der Waals surface area contributed by atoms with E-state index < -0.39 is 5.76 Å². The molecule has 9 heteroatoms. The maximum absolute atomic E-state index is 12.3. The Hall–Kier alpha value is -1.90. The molecule has 1 N–H and O–H groups in total. The normalized spacial score (nSPS) is 18.6. The SMILES string of the molecule is O=C1N/C(=N/N=C\c2ccc(Cl)cc2)S[C@H]1Cc1ccc(SC(F)F)cc1. The van der Waals surface area contributed by atoms with Crippen LogP contribution in [0.2, 0.25) is 5.02 Å². The third-order valence-corrected chi connectivity index (χ3v) is 5.62. The molecule has 4 nitrogen and oxygen atoms in total. The molecule has 0 aromatic heterocycles. The predicted octanol–water partition coefficient (Wildman–Crippen LogP) is 4.82. The molecule has 1 atom stereocenters. The molecule has 140 valence electrons. The van der Waals surface area contributed by atoms with Gasteiger partial charge in [0.15, 0.2) is 5.17 Å². The first-order valence-electron chi connectivity index (χ1n) is 7.87. The summed E-state index contributed by atoms with van der Waals surface area (Å²) in [5.74, 6) is -2.59. The quantitative estimate of drug-likeness (QED) is 0.410. The van der Waals surface area contributed by atoms with Gasteiger partial charge in [-0.25, -0.2) is 0 Å². The average molecular weight is 426 g/mol. The Morgan fingerprint density at radius 1 is 1.19 bits per heavy atom. The van der Waals surface area contributed by atoms with Crippen LogP contribution in [0.15, 0.2) is 63.6 Å². The summed E-state index contributed by atoms with van der Waals surface area (Å²) in [6, 6.07) is 13.9. The number of hydrogen-bond acceptors (Lipinski definition) is 5. The smallest absolute Gasteiger partial charge is 0.288 e. The van der Waals surface area contributed by atoms with Crippen molar-refractivity contribution in [2.24, 2.45) is 10.2 Å². The molecule has 0 unspecified atom stereocenters. The van der Waals surface area contributed by atoms with Crippen molar-refractivity contribution in [2.75, 3.05) is 0 Å². The number of thioether (sulfide) groups is 2. The molecule has 3 rings (SSSR count). The topological polar surface area (TPSA) is 53.8 Å². The molecule has 0 spiro atoms. The molecule has 1 amide bonds. The van der Waals surface area contributed by atoms with Gasteiger partial charge in [-0.15, -0.1) is 5.10 Å². The molecule has 1 saturated heterocycles. The number of nitrogens with zero attached hydrogens (tertiary/aromatic N) is 2. The van der Waals surface area contributed by atoms with E-state index in [1.165, 1.54) is 11.8 Å². The summed E-state index contributed by atoms with van der Waals surface area (Å²) >= 11 is 7.62. The standard InChI is InChI=1S/C18H14ClF2N3OS2/c19-13-5-1-12(2-6-13)10-22-24-18-23-16(25)15(27-18)9-11-3-7-14(8-4-11)26-17(20)21/h1-8,10,15,17H,9H2,(H,23,24,25)/b22-10-/t15-/m0/s1. The molecule has 0 aliphatic carbocycles. The first kappa shape index (κ1) is 19.9. The molecule has 0 bridgehead atoms. The molecule has 27 heavy (non-hydrogen) atoms. The lowest BCUT2D eigenvalue weighted by Gasteiger charge is -2.06. The molecule has 2 aromatic rings. The van der Waals surface area contributed by atoms with Gasteiger partial charge in [0.05, 0.1) is 11.5 Å². The third-order valence-electron chi connectivity index (χ3n) is 3.57. The summed E-state index contributed by atoms with van der Waals surface area (Å²) in [5, 5.41) is 11.4. The van der Waals surface area contributed by atoms with Crippen molar-refractivity contribution < 1.29 is 13.6 Å². The minimum absolute atomic E-state index is 0.147. The Morgan fingerprint density at radius 2 is 1.89 bits per heavy atom. The molecule has 0 saturated carbocycles. The predicted molar refractivity (Wildman–Crippen MR) is 108 cm³/mol. The Kier molecular flexibility index (Phi) is 6.87. The number of amides is 1. The Morgan fingerprint density at radius 3 is 2.56 bits per heavy atom. The van der Waals surface area contributed by atoms with E-state index in [1.807, 2.05) is 12.1 Å². The van der Waals surface area contributed by atoms with E-state index in [9.17, 15) is 13.6 Å². The molecule has 1 aliphatic rings. The number of nitrogens with one attached hydrogen (secondary N) is 1. The molecule has 1 fully saturated rings. The highest BCUT2D eigenvalue weighted by Gasteiger charge is 2.30. The largest absolute Gasteiger partial charge is 0.303 e. The fourth-order valence-electron chi connectivity index (χ4n) is 2.30. The number of amidine groups is 1. The van der Waals surface area contributed by atoms with Crippen molar-refractivity contribution in [1.82, 2.24) is 5.32 Å². The maximum Gasteiger partial charge on any atom is 0.288 e. The summed E-state index contributed by atoms with van der Waals surface area (Å²) in [7, 11) is 0. The number of hydrogen-bond donors (Lipinski definition) is 1. The van der Waals surface area contributed by atoms with Gasteiger partial charge in [0.25, 0.3) is 5.76 Å². The average Bonchev–Trinajstić information content (AvgIpc) is 2.97. The Bertz CT molecular complexity index is 858. The van der Waals surface area contributed by atoms with Crippen molar-refractivity contribution >= 4 is 52.4 Å². The van der Waals surface area contributed by atoms with Gasteiger partial charge in [-0.3, -0.25) is 4.79 Å². The summed E-state index contributed by atoms with van der Waals surface area (Å²) in [6.07, 6.45) is 2.05. The van der Waals surface area contributed by atoms with E-state index >= 15 is 0 Å². The van der Waals surface area contributed by atoms with E-state index in [0.29, 0.717) is 33.3 Å². The van der Waals surface area contributed by atoms with Crippen LogP contribution in [0.1, 0.15) is 11.1 Å². The van der Waals surface area contributed by atoms with Crippen LogP contribution < -0.4 is 5.32 Å². The van der Waals surface area contributed by atoms with Gasteiger partial charge in [0.2, 0.25) is 5.91 Å². The fraction of sp³-hybridized carbons (Fsp3) is 0.167. The first-order valence-corrected chi connectivity index (χ1v) is 10.0. The van der Waals surface area contributed by atoms with E-state index in [4.69, 9.17) is 11.6 Å². The second-order valence-electron chi connectivity index (χ2n) is 5.52. The third kappa shape index (κ3) is 6.05. The highest BCUT2D eigenvalue weighted by molar-refractivity contribution is 8.15. The Balaban J connectivity index is 1.57. The lowest BCUT2D eigenvalue weighted by atomic mass is 10.1. The molecule has 0 radical (unpaired) electrons. The van der Waals surface area contributed by atoms with Crippen LogP contribution in [0.5, 0.6) is 0 Å². The van der Waals surface area contributed by atoms with Crippen molar-refractivity contribution in [3.05, 3.63) is 64.7 Å². The van der Waals surface area contributed by atoms with Crippen LogP contribution in [0.25, 0.3) is 0 Å². The van der Waals surface area contributed by atoms with E-state index in [-0.39, 0.29) is 11.2 Å². The number of benzene rings is 2. The van der Waals surface area contributed by atoms with E-state index in [2.05, 4.69) is 15.5 Å². The molecule has 1 aliphatic heterocycles. The monoisotopic (exact) mass is 425 g/mol. The lowest BCUT2D eigenvalue weighted by molar-refractivity contribution is -0.118. The van der Waals surface area contributed by atoms with Gasteiger partial charge in [-0.2, -0.15) is 13.9 Å². The van der Waals surface area contributed by atoms with Crippen molar-refractivity contribution in [2.45, 2.75) is 22.3 Å². The van der Waals surface area contributed by atoms with Crippen LogP contribution in [-0.2, 0) is 11.2 Å². The first-order chi connectivity index (χ1) is 13.0. The number of carbonyl (C=O) groups excluding carboxylic acids is 1. The number of carbonyl (C=O) groups is 1. The van der Waals surface area contributed by atoms with Crippen LogP contribution in [0, 0.1) is 0 Å². The lowest BCUT2D eigenvalue weighted by Crippen LogP contribution is -2.25. The van der Waals surface area contributed by atoms with Crippen LogP contribution >= 0.6 is 35.1 Å². The van der Waals surface area contributed by atoms with E-state index in [1.54, 1.807) is 42.6 Å². The summed E-state index contributed by atoms with van der Waals surface area (Å²) in [6.45, 7) is 0. The summed E-state index contributed by atoms with van der Waals surface area (Å²) in [5.41, 5.74) is 1.74. The number of rotatable bonds is 6. The summed E-state index contributed by atoms with van der Waals surface area (Å²) < 4.78 is 24.7. The zero-order valence-corrected chi connectivity index (χ0v) is 16.2. The van der Waals surface area contributed by atoms with Gasteiger partial charge in [0, 0.05) is 9.92 Å². The van der Waals surface area contributed by atoms with Crippen molar-refractivity contribution in [3.63, 3.8) is 0 Å². The molecular weight excluding hydrogens is 412 g/mol. The van der Waals surface area contributed by atoms with Crippen LogP contribution in [-0.4, -0.2) is 28.3 Å². The minimum Gasteiger partial charge on any atom is -0.303 e. The van der Waals surface area contributed by atoms with Crippen molar-refractivity contribution in [1.29, 1.82) is 0 Å². The van der Waals surface area contributed by atoms with Gasteiger partial charge in [-0.05, 0) is 41.8 Å². The van der Waals surface area contributed by atoms with Gasteiger partial charge < -0.3 is 5.32 Å². The number of alkyl halides is 2. The highest BCUT2D eigenvalue weighted by atomic mass is 35.5. The van der Waals surface area contributed by atoms with Crippen LogP contribution in [0.3, 0.4) is 0 Å². The fourth-order valence-corrected chi connectivity index (χ4v) is 3.89. The maximum atomic E-state index is 12.3. The number of halogens is 3. The molecule has 2 aromatic carbocycles.